The van der Waals surface area contributed by atoms with E-state index >= 15 is 0 Å². The zero-order valence-electron chi connectivity index (χ0n) is 20.6. The second-order valence-electron chi connectivity index (χ2n) is 9.42. The summed E-state index contributed by atoms with van der Waals surface area (Å²) in [6.45, 7) is -0.929. The third kappa shape index (κ3) is 5.08. The van der Waals surface area contributed by atoms with Gasteiger partial charge in [0, 0.05) is 19.1 Å². The minimum Gasteiger partial charge on any atom is -0.504 e. The maximum Gasteiger partial charge on any atom is 0.229 e. The first-order valence-corrected chi connectivity index (χ1v) is 12.0. The first-order chi connectivity index (χ1) is 17.8. The molecule has 1 aliphatic heterocycles. The van der Waals surface area contributed by atoms with E-state index < -0.39 is 43.2 Å². The van der Waals surface area contributed by atoms with E-state index in [0.717, 1.165) is 16.7 Å². The van der Waals surface area contributed by atoms with Crippen molar-refractivity contribution in [3.05, 3.63) is 47.0 Å². The molecule has 1 fully saturated rings. The summed E-state index contributed by atoms with van der Waals surface area (Å²) in [6, 6.07) is 8.36. The molecule has 1 saturated heterocycles. The number of fused-ring (bicyclic) bond motifs is 1. The normalized spacial score (nSPS) is 31.5. The van der Waals surface area contributed by atoms with E-state index in [4.69, 9.17) is 18.9 Å². The lowest BCUT2D eigenvalue weighted by Gasteiger charge is -2.40. The number of aromatic hydroxyl groups is 1. The Bertz CT molecular complexity index is 1070. The van der Waals surface area contributed by atoms with Crippen LogP contribution in [0.3, 0.4) is 0 Å². The van der Waals surface area contributed by atoms with Crippen LogP contribution in [0.15, 0.2) is 30.3 Å². The first kappa shape index (κ1) is 27.4. The maximum absolute atomic E-state index is 10.5. The van der Waals surface area contributed by atoms with Gasteiger partial charge in [-0.15, -0.1) is 0 Å². The van der Waals surface area contributed by atoms with Crippen molar-refractivity contribution in [2.24, 2.45) is 11.8 Å². The summed E-state index contributed by atoms with van der Waals surface area (Å²) in [6.07, 6.45) is -6.71. The SMILES string of the molecule is COc1cc2c(cc1O)[C@@H](c1ccc(O[C@@H]3O[C@H](CO)[C@@H](O)[C@H](O)[C@H]3O)c(OC)c1)[C@H](CO)[C@@H](CO)C2. The molecule has 11 nitrogen and oxygen atoms in total. The van der Waals surface area contributed by atoms with Crippen molar-refractivity contribution in [1.29, 1.82) is 0 Å². The summed E-state index contributed by atoms with van der Waals surface area (Å²) >= 11 is 0. The Balaban J connectivity index is 1.71. The molecule has 1 aliphatic carbocycles. The molecule has 2 aromatic carbocycles. The highest BCUT2D eigenvalue weighted by molar-refractivity contribution is 5.54. The van der Waals surface area contributed by atoms with Crippen LogP contribution >= 0.6 is 0 Å². The van der Waals surface area contributed by atoms with E-state index in [-0.39, 0.29) is 42.3 Å². The van der Waals surface area contributed by atoms with Crippen LogP contribution in [0.1, 0.15) is 22.6 Å². The van der Waals surface area contributed by atoms with Crippen LogP contribution in [0.4, 0.5) is 0 Å². The summed E-state index contributed by atoms with van der Waals surface area (Å²) in [5, 5.41) is 70.7. The summed E-state index contributed by atoms with van der Waals surface area (Å²) in [7, 11) is 2.88. The van der Waals surface area contributed by atoms with E-state index in [2.05, 4.69) is 0 Å². The minimum absolute atomic E-state index is 0.0417. The fourth-order valence-electron chi connectivity index (χ4n) is 5.34. The monoisotopic (exact) mass is 522 g/mol. The molecule has 0 bridgehead atoms. The molecule has 2 aliphatic rings. The lowest BCUT2D eigenvalue weighted by atomic mass is 9.67. The molecule has 204 valence electrons. The molecule has 8 atom stereocenters. The molecular formula is C26H34O11. The van der Waals surface area contributed by atoms with E-state index in [1.54, 1.807) is 30.3 Å². The van der Waals surface area contributed by atoms with Crippen LogP contribution in [0, 0.1) is 11.8 Å². The predicted octanol–water partition coefficient (Wildman–Crippen LogP) is -0.507. The van der Waals surface area contributed by atoms with Crippen molar-refractivity contribution < 1.29 is 54.7 Å². The third-order valence-electron chi connectivity index (χ3n) is 7.38. The molecule has 0 radical (unpaired) electrons. The fraction of sp³-hybridized carbons (Fsp3) is 0.538. The Labute approximate surface area is 214 Å². The molecule has 1 heterocycles. The molecule has 0 amide bonds. The van der Waals surface area contributed by atoms with Gasteiger partial charge in [0.1, 0.15) is 24.4 Å². The number of methoxy groups -OCH3 is 2. The van der Waals surface area contributed by atoms with Gasteiger partial charge in [0.25, 0.3) is 0 Å². The molecule has 11 heteroatoms. The number of aliphatic hydroxyl groups excluding tert-OH is 6. The van der Waals surface area contributed by atoms with Crippen molar-refractivity contribution >= 4 is 0 Å². The number of phenols is 1. The second kappa shape index (κ2) is 11.4. The van der Waals surface area contributed by atoms with Crippen molar-refractivity contribution in [3.8, 4) is 23.0 Å². The van der Waals surface area contributed by atoms with Crippen molar-refractivity contribution in [2.45, 2.75) is 43.0 Å². The van der Waals surface area contributed by atoms with Crippen LogP contribution in [0.25, 0.3) is 0 Å². The zero-order valence-corrected chi connectivity index (χ0v) is 20.6. The number of rotatable bonds is 8. The summed E-state index contributed by atoms with van der Waals surface area (Å²) < 4.78 is 22.0. The molecule has 4 rings (SSSR count). The molecule has 2 aromatic rings. The van der Waals surface area contributed by atoms with Gasteiger partial charge in [0.15, 0.2) is 23.0 Å². The second-order valence-corrected chi connectivity index (χ2v) is 9.42. The quantitative estimate of drug-likeness (QED) is 0.238. The summed E-state index contributed by atoms with van der Waals surface area (Å²) in [5.41, 5.74) is 2.39. The average Bonchev–Trinajstić information content (AvgIpc) is 2.92. The highest BCUT2D eigenvalue weighted by Crippen LogP contribution is 2.48. The topological polar surface area (TPSA) is 179 Å². The Morgan fingerprint density at radius 1 is 0.838 bits per heavy atom. The van der Waals surface area contributed by atoms with Gasteiger partial charge in [0.05, 0.1) is 20.8 Å². The third-order valence-corrected chi connectivity index (χ3v) is 7.38. The van der Waals surface area contributed by atoms with E-state index in [9.17, 15) is 35.7 Å². The minimum atomic E-state index is -1.59. The number of benzene rings is 2. The van der Waals surface area contributed by atoms with Crippen LogP contribution in [-0.4, -0.2) is 100 Å². The Morgan fingerprint density at radius 3 is 2.19 bits per heavy atom. The van der Waals surface area contributed by atoms with E-state index in [0.29, 0.717) is 12.2 Å². The smallest absolute Gasteiger partial charge is 0.229 e. The lowest BCUT2D eigenvalue weighted by Crippen LogP contribution is -2.60. The van der Waals surface area contributed by atoms with E-state index in [1.165, 1.54) is 14.2 Å². The van der Waals surface area contributed by atoms with Crippen molar-refractivity contribution in [1.82, 2.24) is 0 Å². The largest absolute Gasteiger partial charge is 0.504 e. The van der Waals surface area contributed by atoms with Gasteiger partial charge in [0.2, 0.25) is 6.29 Å². The highest BCUT2D eigenvalue weighted by atomic mass is 16.7. The molecule has 37 heavy (non-hydrogen) atoms. The zero-order chi connectivity index (χ0) is 26.9. The molecule has 0 unspecified atom stereocenters. The highest BCUT2D eigenvalue weighted by Gasteiger charge is 2.45. The molecule has 0 aromatic heterocycles. The molecule has 0 saturated carbocycles. The number of phenolic OH excluding ortho intramolecular Hbond substituents is 1. The predicted molar refractivity (Wildman–Crippen MR) is 129 cm³/mol. The maximum atomic E-state index is 10.5. The Hall–Kier alpha value is -2.64. The summed E-state index contributed by atoms with van der Waals surface area (Å²) in [5.74, 6) is -0.296. The first-order valence-electron chi connectivity index (χ1n) is 12.0. The average molecular weight is 523 g/mol. The number of hydrogen-bond acceptors (Lipinski definition) is 11. The lowest BCUT2D eigenvalue weighted by molar-refractivity contribution is -0.277. The van der Waals surface area contributed by atoms with Gasteiger partial charge in [-0.3, -0.25) is 0 Å². The van der Waals surface area contributed by atoms with Gasteiger partial charge in [-0.1, -0.05) is 6.07 Å². The summed E-state index contributed by atoms with van der Waals surface area (Å²) in [4.78, 5) is 0. The number of aliphatic hydroxyl groups is 6. The van der Waals surface area contributed by atoms with Gasteiger partial charge in [-0.25, -0.2) is 0 Å². The van der Waals surface area contributed by atoms with Gasteiger partial charge in [-0.2, -0.15) is 0 Å². The van der Waals surface area contributed by atoms with Crippen LogP contribution in [-0.2, 0) is 11.2 Å². The Morgan fingerprint density at radius 2 is 1.57 bits per heavy atom. The van der Waals surface area contributed by atoms with Crippen LogP contribution in [0.5, 0.6) is 23.0 Å². The fourth-order valence-corrected chi connectivity index (χ4v) is 5.34. The van der Waals surface area contributed by atoms with Gasteiger partial charge in [-0.05, 0) is 59.2 Å². The molecule has 0 spiro atoms. The van der Waals surface area contributed by atoms with E-state index in [1.807, 2.05) is 0 Å². The van der Waals surface area contributed by atoms with Crippen molar-refractivity contribution in [3.63, 3.8) is 0 Å². The molecule has 7 N–H and O–H groups in total. The number of hydrogen-bond donors (Lipinski definition) is 7. The van der Waals surface area contributed by atoms with Gasteiger partial charge < -0.3 is 54.7 Å². The standard InChI is InChI=1S/C26H34O11/c1-34-19-7-13-5-14(9-27)16(10-28)22(15(13)8-17(19)30)12-3-4-18(20(6-12)35-2)36-26-25(33)24(32)23(31)21(11-29)37-26/h3-4,6-8,14,16,21-33H,5,9-11H2,1-2H3/t14-,16-,21-,22-,23-,24+,25-,26-/m1/s1. The van der Waals surface area contributed by atoms with Crippen LogP contribution < -0.4 is 14.2 Å². The van der Waals surface area contributed by atoms with Crippen LogP contribution in [0.2, 0.25) is 0 Å². The van der Waals surface area contributed by atoms with Crippen molar-refractivity contribution in [2.75, 3.05) is 34.0 Å². The number of ether oxygens (including phenoxy) is 4. The molecular weight excluding hydrogens is 488 g/mol. The Kier molecular flexibility index (Phi) is 8.44. The van der Waals surface area contributed by atoms with Gasteiger partial charge >= 0.3 is 0 Å².